The molecule has 0 fully saturated rings. The van der Waals surface area contributed by atoms with Crippen molar-refractivity contribution in [2.75, 3.05) is 11.9 Å². The predicted molar refractivity (Wildman–Crippen MR) is 103 cm³/mol. The van der Waals surface area contributed by atoms with Crippen LogP contribution < -0.4 is 5.32 Å². The fourth-order valence-electron chi connectivity index (χ4n) is 2.66. The van der Waals surface area contributed by atoms with E-state index in [2.05, 4.69) is 10.4 Å². The van der Waals surface area contributed by atoms with E-state index in [4.69, 9.17) is 4.74 Å². The lowest BCUT2D eigenvalue weighted by Crippen LogP contribution is -2.22. The van der Waals surface area contributed by atoms with Crippen molar-refractivity contribution in [2.24, 2.45) is 0 Å². The highest BCUT2D eigenvalue weighted by atomic mass is 19.1. The van der Waals surface area contributed by atoms with Crippen LogP contribution in [0.2, 0.25) is 0 Å². The number of carbonyl (C=O) groups excluding carboxylic acids is 2. The summed E-state index contributed by atoms with van der Waals surface area (Å²) >= 11 is 0. The van der Waals surface area contributed by atoms with E-state index < -0.39 is 11.9 Å². The number of nitrogens with one attached hydrogen (secondary N) is 1. The molecule has 2 aromatic carbocycles. The molecule has 1 aromatic heterocycles. The van der Waals surface area contributed by atoms with Crippen LogP contribution >= 0.6 is 0 Å². The van der Waals surface area contributed by atoms with Gasteiger partial charge < -0.3 is 10.1 Å². The molecule has 7 heteroatoms. The largest absolute Gasteiger partial charge is 0.456 e. The first-order valence-corrected chi connectivity index (χ1v) is 8.83. The average Bonchev–Trinajstić information content (AvgIpc) is 3.06. The van der Waals surface area contributed by atoms with Gasteiger partial charge in [0.15, 0.2) is 6.61 Å². The smallest absolute Gasteiger partial charge is 0.306 e. The van der Waals surface area contributed by atoms with E-state index in [0.29, 0.717) is 23.6 Å². The summed E-state index contributed by atoms with van der Waals surface area (Å²) in [5, 5.41) is 6.96. The molecule has 0 radical (unpaired) electrons. The molecular formula is C21H20FN3O3. The number of aryl methyl sites for hydroxylation is 2. The molecule has 0 saturated heterocycles. The summed E-state index contributed by atoms with van der Waals surface area (Å²) in [6.07, 6.45) is 0.752. The van der Waals surface area contributed by atoms with Gasteiger partial charge in [0.05, 0.1) is 11.4 Å². The summed E-state index contributed by atoms with van der Waals surface area (Å²) in [6.45, 7) is 1.39. The van der Waals surface area contributed by atoms with Gasteiger partial charge in [-0.15, -0.1) is 0 Å². The number of hydrogen-bond acceptors (Lipinski definition) is 4. The Morgan fingerprint density at radius 3 is 2.54 bits per heavy atom. The van der Waals surface area contributed by atoms with Crippen LogP contribution in [0.1, 0.15) is 17.7 Å². The van der Waals surface area contributed by atoms with Crippen LogP contribution in [0.4, 0.5) is 10.2 Å². The standard InChI is InChI=1S/C21H20FN3O3/c1-15-13-19(25(24-15)18-10-8-17(22)9-11-18)23-20(26)14-28-21(27)12-7-16-5-3-2-4-6-16/h2-6,8-11,13H,7,12,14H2,1H3,(H,23,26). The van der Waals surface area contributed by atoms with E-state index >= 15 is 0 Å². The van der Waals surface area contributed by atoms with Gasteiger partial charge in [0.2, 0.25) is 0 Å². The number of carbonyl (C=O) groups is 2. The van der Waals surface area contributed by atoms with Crippen molar-refractivity contribution < 1.29 is 18.7 Å². The molecule has 144 valence electrons. The highest BCUT2D eigenvalue weighted by Crippen LogP contribution is 2.17. The number of benzene rings is 2. The number of nitrogens with zero attached hydrogens (tertiary/aromatic N) is 2. The minimum atomic E-state index is -0.476. The zero-order valence-electron chi connectivity index (χ0n) is 15.4. The van der Waals surface area contributed by atoms with Crippen molar-refractivity contribution in [1.29, 1.82) is 0 Å². The highest BCUT2D eigenvalue weighted by molar-refractivity contribution is 5.92. The molecule has 0 unspecified atom stereocenters. The summed E-state index contributed by atoms with van der Waals surface area (Å²) in [5.74, 6) is -0.867. The third-order valence-electron chi connectivity index (χ3n) is 4.00. The second-order valence-corrected chi connectivity index (χ2v) is 6.25. The van der Waals surface area contributed by atoms with Crippen LogP contribution in [0.3, 0.4) is 0 Å². The van der Waals surface area contributed by atoms with Gasteiger partial charge in [-0.3, -0.25) is 9.59 Å². The first-order valence-electron chi connectivity index (χ1n) is 8.83. The van der Waals surface area contributed by atoms with Gasteiger partial charge in [-0.25, -0.2) is 9.07 Å². The second-order valence-electron chi connectivity index (χ2n) is 6.25. The molecule has 0 aliphatic heterocycles. The molecule has 0 saturated carbocycles. The van der Waals surface area contributed by atoms with E-state index in [1.54, 1.807) is 25.1 Å². The number of amides is 1. The van der Waals surface area contributed by atoms with Gasteiger partial charge in [-0.1, -0.05) is 30.3 Å². The summed E-state index contributed by atoms with van der Waals surface area (Å²) in [5.41, 5.74) is 2.31. The summed E-state index contributed by atoms with van der Waals surface area (Å²) < 4.78 is 19.6. The fourth-order valence-corrected chi connectivity index (χ4v) is 2.66. The Hall–Kier alpha value is -3.48. The zero-order chi connectivity index (χ0) is 19.9. The van der Waals surface area contributed by atoms with Gasteiger partial charge in [0.25, 0.3) is 5.91 Å². The van der Waals surface area contributed by atoms with Gasteiger partial charge in [0, 0.05) is 12.5 Å². The topological polar surface area (TPSA) is 73.2 Å². The maximum atomic E-state index is 13.1. The Balaban J connectivity index is 1.53. The van der Waals surface area contributed by atoms with E-state index in [1.165, 1.54) is 16.8 Å². The van der Waals surface area contributed by atoms with Crippen LogP contribution in [0.25, 0.3) is 5.69 Å². The Morgan fingerprint density at radius 1 is 1.11 bits per heavy atom. The Bertz CT molecular complexity index is 953. The molecule has 0 atom stereocenters. The molecule has 0 aliphatic carbocycles. The first kappa shape index (κ1) is 19.3. The second kappa shape index (κ2) is 8.94. The molecule has 3 rings (SSSR count). The average molecular weight is 381 g/mol. The Morgan fingerprint density at radius 2 is 1.82 bits per heavy atom. The third kappa shape index (κ3) is 5.26. The molecule has 6 nitrogen and oxygen atoms in total. The van der Waals surface area contributed by atoms with Crippen LogP contribution in [0.5, 0.6) is 0 Å². The summed E-state index contributed by atoms with van der Waals surface area (Å²) in [7, 11) is 0. The molecule has 0 aliphatic rings. The number of esters is 1. The predicted octanol–water partition coefficient (Wildman–Crippen LogP) is 3.43. The number of rotatable bonds is 7. The normalized spacial score (nSPS) is 10.5. The van der Waals surface area contributed by atoms with Crippen molar-refractivity contribution in [3.8, 4) is 5.69 Å². The quantitative estimate of drug-likeness (QED) is 0.637. The molecule has 0 bridgehead atoms. The summed E-state index contributed by atoms with van der Waals surface area (Å²) in [4.78, 5) is 24.0. The van der Waals surface area contributed by atoms with Crippen molar-refractivity contribution in [3.05, 3.63) is 77.7 Å². The van der Waals surface area contributed by atoms with Gasteiger partial charge >= 0.3 is 5.97 Å². The number of ether oxygens (including phenoxy) is 1. The maximum absolute atomic E-state index is 13.1. The van der Waals surface area contributed by atoms with Crippen molar-refractivity contribution in [2.45, 2.75) is 19.8 Å². The molecular weight excluding hydrogens is 361 g/mol. The van der Waals surface area contributed by atoms with Gasteiger partial charge in [0.1, 0.15) is 11.6 Å². The van der Waals surface area contributed by atoms with Crippen LogP contribution in [-0.2, 0) is 20.7 Å². The Kier molecular flexibility index (Phi) is 6.16. The summed E-state index contributed by atoms with van der Waals surface area (Å²) in [6, 6.07) is 17.0. The first-order chi connectivity index (χ1) is 13.5. The van der Waals surface area contributed by atoms with Crippen molar-refractivity contribution in [1.82, 2.24) is 9.78 Å². The van der Waals surface area contributed by atoms with Crippen LogP contribution in [0, 0.1) is 12.7 Å². The number of aromatic nitrogens is 2. The number of halogens is 1. The zero-order valence-corrected chi connectivity index (χ0v) is 15.4. The molecule has 1 N–H and O–H groups in total. The van der Waals surface area contributed by atoms with E-state index in [1.807, 2.05) is 30.3 Å². The number of hydrogen-bond donors (Lipinski definition) is 1. The fraction of sp³-hybridized carbons (Fsp3) is 0.190. The van der Waals surface area contributed by atoms with Gasteiger partial charge in [-0.2, -0.15) is 5.10 Å². The van der Waals surface area contributed by atoms with E-state index in [0.717, 1.165) is 5.56 Å². The monoisotopic (exact) mass is 381 g/mol. The minimum absolute atomic E-state index is 0.198. The van der Waals surface area contributed by atoms with Crippen LogP contribution in [0.15, 0.2) is 60.7 Å². The SMILES string of the molecule is Cc1cc(NC(=O)COC(=O)CCc2ccccc2)n(-c2ccc(F)cc2)n1. The molecule has 1 amide bonds. The van der Waals surface area contributed by atoms with Crippen LogP contribution in [-0.4, -0.2) is 28.3 Å². The van der Waals surface area contributed by atoms with E-state index in [9.17, 15) is 14.0 Å². The Labute approximate surface area is 161 Å². The van der Waals surface area contributed by atoms with Crippen molar-refractivity contribution in [3.63, 3.8) is 0 Å². The van der Waals surface area contributed by atoms with E-state index in [-0.39, 0.29) is 18.8 Å². The molecule has 28 heavy (non-hydrogen) atoms. The van der Waals surface area contributed by atoms with Crippen molar-refractivity contribution >= 4 is 17.7 Å². The lowest BCUT2D eigenvalue weighted by atomic mass is 10.1. The number of anilines is 1. The minimum Gasteiger partial charge on any atom is -0.456 e. The third-order valence-corrected chi connectivity index (χ3v) is 4.00. The van der Waals surface area contributed by atoms with Gasteiger partial charge in [-0.05, 0) is 43.2 Å². The molecule has 0 spiro atoms. The molecule has 1 heterocycles. The lowest BCUT2D eigenvalue weighted by molar-refractivity contribution is -0.147. The highest BCUT2D eigenvalue weighted by Gasteiger charge is 2.13. The lowest BCUT2D eigenvalue weighted by Gasteiger charge is -2.09. The molecule has 3 aromatic rings. The maximum Gasteiger partial charge on any atom is 0.306 e.